The Hall–Kier alpha value is -0.610. The Morgan fingerprint density at radius 2 is 2.26 bits per heavy atom. The Morgan fingerprint density at radius 3 is 2.95 bits per heavy atom. The molecule has 0 bridgehead atoms. The van der Waals surface area contributed by atoms with E-state index in [2.05, 4.69) is 37.9 Å². The molecular weight excluding hydrogens is 254 g/mol. The van der Waals surface area contributed by atoms with Crippen molar-refractivity contribution in [2.75, 3.05) is 18.0 Å². The Bertz CT molecular complexity index is 402. The number of aromatic nitrogens is 1. The molecule has 3 nitrogen and oxygen atoms in total. The first kappa shape index (κ1) is 14.8. The summed E-state index contributed by atoms with van der Waals surface area (Å²) >= 11 is 1.89. The average molecular weight is 281 g/mol. The third kappa shape index (κ3) is 3.29. The molecule has 1 aliphatic rings. The summed E-state index contributed by atoms with van der Waals surface area (Å²) in [5, 5.41) is 4.81. The van der Waals surface area contributed by atoms with Crippen LogP contribution in [0.4, 0.5) is 5.13 Å². The highest BCUT2D eigenvalue weighted by Gasteiger charge is 2.26. The lowest BCUT2D eigenvalue weighted by atomic mass is 10.2. The van der Waals surface area contributed by atoms with Gasteiger partial charge in [0.1, 0.15) is 0 Å². The fourth-order valence-electron chi connectivity index (χ4n) is 2.88. The molecule has 19 heavy (non-hydrogen) atoms. The predicted molar refractivity (Wildman–Crippen MR) is 84.2 cm³/mol. The van der Waals surface area contributed by atoms with Gasteiger partial charge in [0.2, 0.25) is 0 Å². The lowest BCUT2D eigenvalue weighted by Crippen LogP contribution is -2.28. The highest BCUT2D eigenvalue weighted by Crippen LogP contribution is 2.35. The second-order valence-corrected chi connectivity index (χ2v) is 6.53. The second-order valence-electron chi connectivity index (χ2n) is 5.52. The molecule has 1 saturated heterocycles. The van der Waals surface area contributed by atoms with Crippen LogP contribution in [0.2, 0.25) is 0 Å². The number of aryl methyl sites for hydroxylation is 1. The summed E-state index contributed by atoms with van der Waals surface area (Å²) in [7, 11) is 0. The second kappa shape index (κ2) is 6.71. The van der Waals surface area contributed by atoms with Gasteiger partial charge in [0.15, 0.2) is 5.13 Å². The van der Waals surface area contributed by atoms with Crippen LogP contribution >= 0.6 is 11.3 Å². The fraction of sp³-hybridized carbons (Fsp3) is 0.800. The van der Waals surface area contributed by atoms with Gasteiger partial charge in [0, 0.05) is 23.5 Å². The van der Waals surface area contributed by atoms with Crippen molar-refractivity contribution < 1.29 is 0 Å². The minimum atomic E-state index is 0.425. The molecule has 1 N–H and O–H groups in total. The van der Waals surface area contributed by atoms with E-state index in [0.717, 1.165) is 6.54 Å². The van der Waals surface area contributed by atoms with Crippen LogP contribution in [0.1, 0.15) is 63.1 Å². The molecule has 0 spiro atoms. The van der Waals surface area contributed by atoms with Gasteiger partial charge in [0.05, 0.1) is 5.69 Å². The zero-order valence-electron chi connectivity index (χ0n) is 12.7. The fourth-order valence-corrected chi connectivity index (χ4v) is 4.07. The van der Waals surface area contributed by atoms with Crippen LogP contribution in [0, 0.1) is 6.92 Å². The molecule has 1 aliphatic heterocycles. The maximum Gasteiger partial charge on any atom is 0.186 e. The Balaban J connectivity index is 2.11. The van der Waals surface area contributed by atoms with Crippen LogP contribution in [0.3, 0.4) is 0 Å². The molecule has 2 rings (SSSR count). The summed E-state index contributed by atoms with van der Waals surface area (Å²) in [6, 6.07) is 1.13. The van der Waals surface area contributed by atoms with E-state index in [-0.39, 0.29) is 0 Å². The van der Waals surface area contributed by atoms with E-state index < -0.39 is 0 Å². The van der Waals surface area contributed by atoms with Crippen LogP contribution < -0.4 is 10.2 Å². The summed E-state index contributed by atoms with van der Waals surface area (Å²) < 4.78 is 0. The van der Waals surface area contributed by atoms with E-state index >= 15 is 0 Å². The van der Waals surface area contributed by atoms with Crippen molar-refractivity contribution in [2.45, 2.75) is 65.5 Å². The van der Waals surface area contributed by atoms with E-state index in [1.54, 1.807) is 0 Å². The Morgan fingerprint density at radius 1 is 1.47 bits per heavy atom. The van der Waals surface area contributed by atoms with Crippen molar-refractivity contribution >= 4 is 16.5 Å². The minimum Gasteiger partial charge on any atom is -0.345 e. The lowest BCUT2D eigenvalue weighted by molar-refractivity contribution is 0.575. The van der Waals surface area contributed by atoms with E-state index in [9.17, 15) is 0 Å². The highest BCUT2D eigenvalue weighted by molar-refractivity contribution is 7.15. The number of hydrogen-bond acceptors (Lipinski definition) is 4. The smallest absolute Gasteiger partial charge is 0.186 e. The highest BCUT2D eigenvalue weighted by atomic mass is 32.1. The van der Waals surface area contributed by atoms with Crippen LogP contribution in [0.15, 0.2) is 0 Å². The molecule has 2 atom stereocenters. The van der Waals surface area contributed by atoms with Crippen molar-refractivity contribution in [3.05, 3.63) is 10.6 Å². The van der Waals surface area contributed by atoms with Gasteiger partial charge in [-0.1, -0.05) is 13.8 Å². The molecule has 0 saturated carbocycles. The molecule has 0 amide bonds. The molecule has 2 unspecified atom stereocenters. The van der Waals surface area contributed by atoms with Gasteiger partial charge in [-0.2, -0.15) is 0 Å². The largest absolute Gasteiger partial charge is 0.345 e. The molecule has 0 radical (unpaired) electrons. The average Bonchev–Trinajstić information content (AvgIpc) is 3.01. The zero-order valence-corrected chi connectivity index (χ0v) is 13.5. The third-order valence-corrected chi connectivity index (χ3v) is 5.39. The molecule has 2 heterocycles. The van der Waals surface area contributed by atoms with E-state index in [1.165, 1.54) is 47.9 Å². The maximum absolute atomic E-state index is 4.82. The van der Waals surface area contributed by atoms with E-state index in [4.69, 9.17) is 4.98 Å². The Labute approximate surface area is 121 Å². The van der Waals surface area contributed by atoms with Gasteiger partial charge in [-0.25, -0.2) is 4.98 Å². The van der Waals surface area contributed by atoms with Gasteiger partial charge in [-0.15, -0.1) is 11.3 Å². The Kier molecular flexibility index (Phi) is 5.22. The number of nitrogens with one attached hydrogen (secondary N) is 1. The number of hydrogen-bond donors (Lipinski definition) is 1. The first-order valence-corrected chi connectivity index (χ1v) is 8.46. The molecule has 1 fully saturated rings. The summed E-state index contributed by atoms with van der Waals surface area (Å²) in [4.78, 5) is 8.75. The third-order valence-electron chi connectivity index (χ3n) is 4.01. The van der Waals surface area contributed by atoms with Crippen LogP contribution in [-0.2, 0) is 0 Å². The lowest BCUT2D eigenvalue weighted by Gasteiger charge is -2.22. The normalized spacial score (nSPS) is 21.1. The van der Waals surface area contributed by atoms with Crippen molar-refractivity contribution in [1.29, 1.82) is 0 Å². The molecule has 0 aliphatic carbocycles. The number of thiazole rings is 1. The summed E-state index contributed by atoms with van der Waals surface area (Å²) in [5.74, 6) is 0. The van der Waals surface area contributed by atoms with E-state index in [0.29, 0.717) is 12.1 Å². The van der Waals surface area contributed by atoms with Gasteiger partial charge >= 0.3 is 0 Å². The SMILES string of the molecule is CCCNC(C)c1sc(N2CCCC2CC)nc1C. The maximum atomic E-state index is 4.82. The molecule has 108 valence electrons. The number of anilines is 1. The number of nitrogens with zero attached hydrogens (tertiary/aromatic N) is 2. The monoisotopic (exact) mass is 281 g/mol. The summed E-state index contributed by atoms with van der Waals surface area (Å²) in [6.45, 7) is 11.2. The van der Waals surface area contributed by atoms with Crippen LogP contribution in [0.25, 0.3) is 0 Å². The van der Waals surface area contributed by atoms with Gasteiger partial charge in [-0.05, 0) is 46.1 Å². The predicted octanol–water partition coefficient (Wildman–Crippen LogP) is 3.89. The quantitative estimate of drug-likeness (QED) is 0.857. The molecule has 1 aromatic rings. The molecular formula is C15H27N3S. The van der Waals surface area contributed by atoms with Crippen LogP contribution in [-0.4, -0.2) is 24.1 Å². The van der Waals surface area contributed by atoms with Crippen molar-refractivity contribution in [2.24, 2.45) is 0 Å². The standard InChI is InChI=1S/C15H27N3S/c1-5-9-16-11(3)14-12(4)17-15(19-14)18-10-7-8-13(18)6-2/h11,13,16H,5-10H2,1-4H3. The van der Waals surface area contributed by atoms with Gasteiger partial charge < -0.3 is 10.2 Å². The van der Waals surface area contributed by atoms with Crippen molar-refractivity contribution in [3.8, 4) is 0 Å². The minimum absolute atomic E-state index is 0.425. The molecule has 4 heteroatoms. The number of rotatable bonds is 6. The van der Waals surface area contributed by atoms with Gasteiger partial charge in [-0.3, -0.25) is 0 Å². The zero-order chi connectivity index (χ0) is 13.8. The topological polar surface area (TPSA) is 28.2 Å². The van der Waals surface area contributed by atoms with Gasteiger partial charge in [0.25, 0.3) is 0 Å². The van der Waals surface area contributed by atoms with Crippen molar-refractivity contribution in [3.63, 3.8) is 0 Å². The summed E-state index contributed by atoms with van der Waals surface area (Å²) in [5.41, 5.74) is 1.21. The van der Waals surface area contributed by atoms with Crippen LogP contribution in [0.5, 0.6) is 0 Å². The molecule has 1 aromatic heterocycles. The molecule has 0 aromatic carbocycles. The first-order chi connectivity index (χ1) is 9.17. The van der Waals surface area contributed by atoms with Crippen molar-refractivity contribution in [1.82, 2.24) is 10.3 Å². The van der Waals surface area contributed by atoms with E-state index in [1.807, 2.05) is 11.3 Å². The summed E-state index contributed by atoms with van der Waals surface area (Å²) in [6.07, 6.45) is 5.06. The first-order valence-electron chi connectivity index (χ1n) is 7.64.